The summed E-state index contributed by atoms with van der Waals surface area (Å²) in [6.45, 7) is 0. The molecule has 8 heteroatoms. The maximum atomic E-state index is 13.7. The van der Waals surface area contributed by atoms with Crippen LogP contribution in [0.25, 0.3) is 10.6 Å². The Morgan fingerprint density at radius 2 is 1.79 bits per heavy atom. The number of amides is 1. The topological polar surface area (TPSA) is 54.9 Å². The highest BCUT2D eigenvalue weighted by Crippen LogP contribution is 2.27. The molecule has 0 radical (unpaired) electrons. The van der Waals surface area contributed by atoms with Crippen molar-refractivity contribution in [3.63, 3.8) is 0 Å². The van der Waals surface area contributed by atoms with Crippen molar-refractivity contribution >= 4 is 45.6 Å². The van der Waals surface area contributed by atoms with Gasteiger partial charge in [-0.25, -0.2) is 4.39 Å². The minimum Gasteiger partial charge on any atom is -0.300 e. The first kappa shape index (κ1) is 16.8. The van der Waals surface area contributed by atoms with Gasteiger partial charge in [-0.3, -0.25) is 4.79 Å². The minimum absolute atomic E-state index is 0.112. The predicted octanol–water partition coefficient (Wildman–Crippen LogP) is 4.83. The lowest BCUT2D eigenvalue weighted by Crippen LogP contribution is -2.15. The van der Waals surface area contributed by atoms with E-state index in [2.05, 4.69) is 15.5 Å². The molecule has 3 rings (SSSR count). The van der Waals surface area contributed by atoms with E-state index in [-0.39, 0.29) is 22.9 Å². The molecule has 24 heavy (non-hydrogen) atoms. The number of hydrogen-bond acceptors (Lipinski definition) is 4. The van der Waals surface area contributed by atoms with Crippen LogP contribution in [0.4, 0.5) is 9.52 Å². The molecule has 0 saturated carbocycles. The van der Waals surface area contributed by atoms with Crippen LogP contribution in [0.15, 0.2) is 42.5 Å². The van der Waals surface area contributed by atoms with Crippen molar-refractivity contribution in [3.8, 4) is 10.6 Å². The molecule has 3 aromatic rings. The zero-order chi connectivity index (χ0) is 17.1. The zero-order valence-corrected chi connectivity index (χ0v) is 14.4. The molecular formula is C16H10Cl2FN3OS. The number of nitrogens with zero attached hydrogens (tertiary/aromatic N) is 2. The van der Waals surface area contributed by atoms with E-state index in [1.54, 1.807) is 12.1 Å². The fourth-order valence-electron chi connectivity index (χ4n) is 1.98. The Morgan fingerprint density at radius 1 is 1.08 bits per heavy atom. The molecule has 0 bridgehead atoms. The SMILES string of the molecule is O=C(Cc1ccc(Cl)cc1F)Nc1nnc(-c2ccc(Cl)cc2)s1. The quantitative estimate of drug-likeness (QED) is 0.703. The van der Waals surface area contributed by atoms with Gasteiger partial charge in [-0.05, 0) is 29.8 Å². The van der Waals surface area contributed by atoms with Gasteiger partial charge in [0.25, 0.3) is 0 Å². The van der Waals surface area contributed by atoms with E-state index in [9.17, 15) is 9.18 Å². The molecule has 0 atom stereocenters. The fourth-order valence-corrected chi connectivity index (χ4v) is 3.03. The Balaban J connectivity index is 1.68. The summed E-state index contributed by atoms with van der Waals surface area (Å²) in [6.07, 6.45) is -0.112. The summed E-state index contributed by atoms with van der Waals surface area (Å²) in [6, 6.07) is 11.3. The molecule has 0 aliphatic heterocycles. The normalized spacial score (nSPS) is 10.6. The molecular weight excluding hydrogens is 372 g/mol. The molecule has 0 fully saturated rings. The lowest BCUT2D eigenvalue weighted by atomic mass is 10.1. The van der Waals surface area contributed by atoms with E-state index in [1.807, 2.05) is 12.1 Å². The molecule has 0 spiro atoms. The highest BCUT2D eigenvalue weighted by molar-refractivity contribution is 7.18. The van der Waals surface area contributed by atoms with Gasteiger partial charge in [0.05, 0.1) is 6.42 Å². The van der Waals surface area contributed by atoms with Crippen LogP contribution in [0, 0.1) is 5.82 Å². The van der Waals surface area contributed by atoms with Gasteiger partial charge in [0.2, 0.25) is 11.0 Å². The molecule has 1 heterocycles. The van der Waals surface area contributed by atoms with Gasteiger partial charge < -0.3 is 5.32 Å². The van der Waals surface area contributed by atoms with Crippen LogP contribution in [0.1, 0.15) is 5.56 Å². The van der Waals surface area contributed by atoms with E-state index >= 15 is 0 Å². The Kier molecular flexibility index (Phi) is 5.08. The summed E-state index contributed by atoms with van der Waals surface area (Å²) in [5, 5.41) is 12.5. The Hall–Kier alpha value is -2.02. The summed E-state index contributed by atoms with van der Waals surface area (Å²) in [4.78, 5) is 12.0. The monoisotopic (exact) mass is 381 g/mol. The standard InChI is InChI=1S/C16H10Cl2FN3OS/c17-11-4-1-9(2-5-11)15-21-22-16(24-15)20-14(23)7-10-3-6-12(18)8-13(10)19/h1-6,8H,7H2,(H,20,22,23). The summed E-state index contributed by atoms with van der Waals surface area (Å²) in [5.74, 6) is -0.896. The van der Waals surface area contributed by atoms with Crippen LogP contribution < -0.4 is 5.32 Å². The van der Waals surface area contributed by atoms with Crippen LogP contribution in [0.5, 0.6) is 0 Å². The number of benzene rings is 2. The first-order valence-corrected chi connectivity index (χ1v) is 8.42. The predicted molar refractivity (Wildman–Crippen MR) is 94.1 cm³/mol. The second kappa shape index (κ2) is 7.25. The molecule has 0 aliphatic rings. The van der Waals surface area contributed by atoms with E-state index < -0.39 is 5.82 Å². The third-order valence-electron chi connectivity index (χ3n) is 3.13. The smallest absolute Gasteiger partial charge is 0.230 e. The van der Waals surface area contributed by atoms with Crippen LogP contribution in [0.3, 0.4) is 0 Å². The number of rotatable bonds is 4. The van der Waals surface area contributed by atoms with Crippen LogP contribution in [-0.2, 0) is 11.2 Å². The van der Waals surface area contributed by atoms with Crippen molar-refractivity contribution in [3.05, 3.63) is 63.9 Å². The third-order valence-corrected chi connectivity index (χ3v) is 4.50. The van der Waals surface area contributed by atoms with Gasteiger partial charge in [0, 0.05) is 15.6 Å². The number of carbonyl (C=O) groups is 1. The maximum absolute atomic E-state index is 13.7. The Morgan fingerprint density at radius 3 is 2.50 bits per heavy atom. The maximum Gasteiger partial charge on any atom is 0.230 e. The lowest BCUT2D eigenvalue weighted by Gasteiger charge is -2.03. The number of hydrogen-bond donors (Lipinski definition) is 1. The average Bonchev–Trinajstić information content (AvgIpc) is 2.99. The molecule has 0 unspecified atom stereocenters. The second-order valence-electron chi connectivity index (χ2n) is 4.88. The highest BCUT2D eigenvalue weighted by Gasteiger charge is 2.12. The van der Waals surface area contributed by atoms with E-state index in [0.717, 1.165) is 5.56 Å². The molecule has 4 nitrogen and oxygen atoms in total. The van der Waals surface area contributed by atoms with Crippen molar-refractivity contribution in [1.82, 2.24) is 10.2 Å². The van der Waals surface area contributed by atoms with Crippen molar-refractivity contribution < 1.29 is 9.18 Å². The van der Waals surface area contributed by atoms with Crippen LogP contribution >= 0.6 is 34.5 Å². The van der Waals surface area contributed by atoms with Crippen molar-refractivity contribution in [2.24, 2.45) is 0 Å². The third kappa shape index (κ3) is 4.08. The molecule has 122 valence electrons. The molecule has 1 N–H and O–H groups in total. The summed E-state index contributed by atoms with van der Waals surface area (Å²) < 4.78 is 13.7. The fraction of sp³-hybridized carbons (Fsp3) is 0.0625. The average molecular weight is 382 g/mol. The van der Waals surface area contributed by atoms with E-state index in [0.29, 0.717) is 15.2 Å². The van der Waals surface area contributed by atoms with Gasteiger partial charge in [-0.15, -0.1) is 10.2 Å². The summed E-state index contributed by atoms with van der Waals surface area (Å²) in [7, 11) is 0. The number of carbonyl (C=O) groups excluding carboxylic acids is 1. The number of anilines is 1. The van der Waals surface area contributed by atoms with Gasteiger partial charge in [-0.1, -0.05) is 52.7 Å². The highest BCUT2D eigenvalue weighted by atomic mass is 35.5. The van der Waals surface area contributed by atoms with Crippen molar-refractivity contribution in [2.75, 3.05) is 5.32 Å². The first-order chi connectivity index (χ1) is 11.5. The number of aromatic nitrogens is 2. The first-order valence-electron chi connectivity index (χ1n) is 6.84. The summed E-state index contributed by atoms with van der Waals surface area (Å²) >= 11 is 12.8. The summed E-state index contributed by atoms with van der Waals surface area (Å²) in [5.41, 5.74) is 1.11. The van der Waals surface area contributed by atoms with Gasteiger partial charge in [-0.2, -0.15) is 0 Å². The lowest BCUT2D eigenvalue weighted by molar-refractivity contribution is -0.115. The van der Waals surface area contributed by atoms with E-state index in [4.69, 9.17) is 23.2 Å². The Bertz CT molecular complexity index is 883. The van der Waals surface area contributed by atoms with Crippen LogP contribution in [-0.4, -0.2) is 16.1 Å². The van der Waals surface area contributed by atoms with Crippen molar-refractivity contribution in [1.29, 1.82) is 0 Å². The Labute approximate surface area is 151 Å². The molecule has 0 aliphatic carbocycles. The van der Waals surface area contributed by atoms with Crippen LogP contribution in [0.2, 0.25) is 10.0 Å². The zero-order valence-electron chi connectivity index (χ0n) is 12.1. The van der Waals surface area contributed by atoms with Gasteiger partial charge >= 0.3 is 0 Å². The number of halogens is 3. The largest absolute Gasteiger partial charge is 0.300 e. The molecule has 2 aromatic carbocycles. The minimum atomic E-state index is -0.517. The molecule has 1 aromatic heterocycles. The van der Waals surface area contributed by atoms with Gasteiger partial charge in [0.15, 0.2) is 0 Å². The molecule has 0 saturated heterocycles. The number of nitrogens with one attached hydrogen (secondary N) is 1. The van der Waals surface area contributed by atoms with Gasteiger partial charge in [0.1, 0.15) is 10.8 Å². The second-order valence-corrected chi connectivity index (χ2v) is 6.73. The van der Waals surface area contributed by atoms with E-state index in [1.165, 1.54) is 29.5 Å². The molecule has 1 amide bonds. The van der Waals surface area contributed by atoms with Crippen molar-refractivity contribution in [2.45, 2.75) is 6.42 Å².